The van der Waals surface area contributed by atoms with Crippen LogP contribution in [0.4, 0.5) is 4.39 Å². The van der Waals surface area contributed by atoms with Crippen LogP contribution in [-0.2, 0) is 13.1 Å². The summed E-state index contributed by atoms with van der Waals surface area (Å²) in [5.74, 6) is 0.598. The third kappa shape index (κ3) is 4.47. The number of benzene rings is 2. The summed E-state index contributed by atoms with van der Waals surface area (Å²) in [6, 6.07) is 15.4. The zero-order chi connectivity index (χ0) is 19.2. The molecule has 5 nitrogen and oxygen atoms in total. The molecular formula is C21H21FN2O3. The van der Waals surface area contributed by atoms with Crippen LogP contribution in [0, 0.1) is 5.82 Å². The molecule has 1 aromatic heterocycles. The minimum Gasteiger partial charge on any atom is -0.497 e. The Hall–Kier alpha value is -3.28. The van der Waals surface area contributed by atoms with Crippen LogP contribution >= 0.6 is 0 Å². The van der Waals surface area contributed by atoms with Crippen molar-refractivity contribution in [3.8, 4) is 11.5 Å². The predicted molar refractivity (Wildman–Crippen MR) is 101 cm³/mol. The average Bonchev–Trinajstić information content (AvgIpc) is 3.14. The number of carbonyl (C=O) groups excluding carboxylic acids is 1. The van der Waals surface area contributed by atoms with Gasteiger partial charge in [-0.3, -0.25) is 4.79 Å². The minimum atomic E-state index is -0.246. The van der Waals surface area contributed by atoms with Crippen molar-refractivity contribution in [2.24, 2.45) is 0 Å². The maximum Gasteiger partial charge on any atom is 0.251 e. The topological polar surface area (TPSA) is 52.5 Å². The number of hydrogen-bond donors (Lipinski definition) is 1. The van der Waals surface area contributed by atoms with Crippen molar-refractivity contribution in [2.45, 2.75) is 13.1 Å². The molecule has 0 aliphatic heterocycles. The highest BCUT2D eigenvalue weighted by Gasteiger charge is 2.11. The van der Waals surface area contributed by atoms with Crippen molar-refractivity contribution >= 4 is 5.91 Å². The monoisotopic (exact) mass is 368 g/mol. The lowest BCUT2D eigenvalue weighted by atomic mass is 10.2. The second-order valence-electron chi connectivity index (χ2n) is 6.00. The lowest BCUT2D eigenvalue weighted by Crippen LogP contribution is -2.24. The Morgan fingerprint density at radius 1 is 1.04 bits per heavy atom. The number of nitrogens with zero attached hydrogens (tertiary/aromatic N) is 1. The third-order valence-electron chi connectivity index (χ3n) is 4.27. The second-order valence-corrected chi connectivity index (χ2v) is 6.00. The van der Waals surface area contributed by atoms with E-state index in [4.69, 9.17) is 9.47 Å². The quantitative estimate of drug-likeness (QED) is 0.693. The van der Waals surface area contributed by atoms with Crippen LogP contribution in [0.3, 0.4) is 0 Å². The van der Waals surface area contributed by atoms with Gasteiger partial charge in [0, 0.05) is 29.1 Å². The molecule has 0 bridgehead atoms. The number of halogens is 1. The largest absolute Gasteiger partial charge is 0.497 e. The van der Waals surface area contributed by atoms with E-state index in [1.165, 1.54) is 20.3 Å². The lowest BCUT2D eigenvalue weighted by molar-refractivity contribution is 0.0949. The van der Waals surface area contributed by atoms with Gasteiger partial charge in [-0.1, -0.05) is 18.2 Å². The number of amides is 1. The first-order chi connectivity index (χ1) is 13.1. The van der Waals surface area contributed by atoms with Gasteiger partial charge in [-0.25, -0.2) is 4.39 Å². The highest BCUT2D eigenvalue weighted by atomic mass is 19.1. The molecule has 1 heterocycles. The molecule has 6 heteroatoms. The van der Waals surface area contributed by atoms with Gasteiger partial charge in [0.2, 0.25) is 0 Å². The highest BCUT2D eigenvalue weighted by molar-refractivity contribution is 5.95. The van der Waals surface area contributed by atoms with Gasteiger partial charge in [-0.2, -0.15) is 0 Å². The van der Waals surface area contributed by atoms with Crippen LogP contribution in [0.25, 0.3) is 0 Å². The number of carbonyl (C=O) groups is 1. The molecule has 0 aliphatic rings. The van der Waals surface area contributed by atoms with Crippen LogP contribution in [0.1, 0.15) is 21.6 Å². The molecule has 3 aromatic rings. The van der Waals surface area contributed by atoms with Crippen LogP contribution in [0.5, 0.6) is 11.5 Å². The molecule has 0 saturated heterocycles. The molecule has 0 fully saturated rings. The average molecular weight is 368 g/mol. The van der Waals surface area contributed by atoms with Crippen molar-refractivity contribution in [3.05, 3.63) is 83.4 Å². The van der Waals surface area contributed by atoms with E-state index in [2.05, 4.69) is 5.32 Å². The van der Waals surface area contributed by atoms with E-state index in [0.29, 0.717) is 35.7 Å². The van der Waals surface area contributed by atoms with Crippen molar-refractivity contribution in [2.75, 3.05) is 14.2 Å². The predicted octanol–water partition coefficient (Wildman–Crippen LogP) is 3.62. The first kappa shape index (κ1) is 18.5. The summed E-state index contributed by atoms with van der Waals surface area (Å²) in [7, 11) is 3.07. The van der Waals surface area contributed by atoms with E-state index >= 15 is 0 Å². The van der Waals surface area contributed by atoms with Gasteiger partial charge in [-0.15, -0.1) is 0 Å². The van der Waals surface area contributed by atoms with Crippen LogP contribution < -0.4 is 14.8 Å². The molecule has 0 spiro atoms. The third-order valence-corrected chi connectivity index (χ3v) is 4.27. The van der Waals surface area contributed by atoms with Gasteiger partial charge in [0.1, 0.15) is 17.3 Å². The summed E-state index contributed by atoms with van der Waals surface area (Å²) in [6.45, 7) is 0.720. The number of hydrogen-bond acceptors (Lipinski definition) is 3. The van der Waals surface area contributed by atoms with E-state index in [0.717, 1.165) is 5.69 Å². The van der Waals surface area contributed by atoms with Gasteiger partial charge in [0.25, 0.3) is 5.91 Å². The fourth-order valence-electron chi connectivity index (χ4n) is 2.79. The standard InChI is InChI=1S/C21H21FN2O3/c1-26-18-10-16(11-19(12-18)27-2)21(25)23-13-17-7-5-9-24(17)14-15-6-3-4-8-20(15)22/h3-12H,13-14H2,1-2H3,(H,23,25). The summed E-state index contributed by atoms with van der Waals surface area (Å²) in [4.78, 5) is 12.5. The number of rotatable bonds is 7. The van der Waals surface area contributed by atoms with Gasteiger partial charge in [-0.05, 0) is 30.3 Å². The second kappa shape index (κ2) is 8.40. The summed E-state index contributed by atoms with van der Waals surface area (Å²) >= 11 is 0. The van der Waals surface area contributed by atoms with Gasteiger partial charge < -0.3 is 19.4 Å². The molecule has 0 radical (unpaired) electrons. The van der Waals surface area contributed by atoms with Crippen molar-refractivity contribution in [3.63, 3.8) is 0 Å². The minimum absolute atomic E-state index is 0.245. The smallest absolute Gasteiger partial charge is 0.251 e. The molecule has 0 atom stereocenters. The Kier molecular flexibility index (Phi) is 5.76. The van der Waals surface area contributed by atoms with Crippen molar-refractivity contribution in [1.29, 1.82) is 0 Å². The zero-order valence-electron chi connectivity index (χ0n) is 15.2. The molecule has 0 saturated carbocycles. The molecular weight excluding hydrogens is 347 g/mol. The summed E-state index contributed by atoms with van der Waals surface area (Å²) in [5.41, 5.74) is 1.92. The molecule has 0 aliphatic carbocycles. The molecule has 27 heavy (non-hydrogen) atoms. The first-order valence-corrected chi connectivity index (χ1v) is 8.49. The fourth-order valence-corrected chi connectivity index (χ4v) is 2.79. The molecule has 3 rings (SSSR count). The summed E-state index contributed by atoms with van der Waals surface area (Å²) in [5, 5.41) is 2.88. The molecule has 1 N–H and O–H groups in total. The van der Waals surface area contributed by atoms with Crippen molar-refractivity contribution < 1.29 is 18.7 Å². The van der Waals surface area contributed by atoms with E-state index < -0.39 is 0 Å². The summed E-state index contributed by atoms with van der Waals surface area (Å²) < 4.78 is 26.2. The maximum atomic E-state index is 13.9. The van der Waals surface area contributed by atoms with Gasteiger partial charge in [0.15, 0.2) is 0 Å². The normalized spacial score (nSPS) is 10.5. The maximum absolute atomic E-state index is 13.9. The Balaban J connectivity index is 1.70. The van der Waals surface area contributed by atoms with Crippen LogP contribution in [0.2, 0.25) is 0 Å². The van der Waals surface area contributed by atoms with Crippen molar-refractivity contribution in [1.82, 2.24) is 9.88 Å². The lowest BCUT2D eigenvalue weighted by Gasteiger charge is -2.12. The molecule has 0 unspecified atom stereocenters. The van der Waals surface area contributed by atoms with E-state index in [9.17, 15) is 9.18 Å². The van der Waals surface area contributed by atoms with Crippen LogP contribution in [-0.4, -0.2) is 24.7 Å². The molecule has 1 amide bonds. The molecule has 2 aromatic carbocycles. The molecule has 140 valence electrons. The van der Waals surface area contributed by atoms with Gasteiger partial charge in [0.05, 0.1) is 27.3 Å². The SMILES string of the molecule is COc1cc(OC)cc(C(=O)NCc2cccn2Cc2ccccc2F)c1. The Bertz CT molecular complexity index is 914. The fraction of sp³-hybridized carbons (Fsp3) is 0.190. The van der Waals surface area contributed by atoms with Gasteiger partial charge >= 0.3 is 0 Å². The van der Waals surface area contributed by atoms with E-state index in [-0.39, 0.29) is 11.7 Å². The number of methoxy groups -OCH3 is 2. The van der Waals surface area contributed by atoms with Crippen LogP contribution in [0.15, 0.2) is 60.8 Å². The first-order valence-electron chi connectivity index (χ1n) is 8.49. The Labute approximate surface area is 157 Å². The number of ether oxygens (including phenoxy) is 2. The highest BCUT2D eigenvalue weighted by Crippen LogP contribution is 2.22. The van der Waals surface area contributed by atoms with E-state index in [1.54, 1.807) is 36.4 Å². The number of nitrogens with one attached hydrogen (secondary N) is 1. The Morgan fingerprint density at radius 2 is 1.74 bits per heavy atom. The van der Waals surface area contributed by atoms with E-state index in [1.807, 2.05) is 22.9 Å². The summed E-state index contributed by atoms with van der Waals surface area (Å²) in [6.07, 6.45) is 1.86. The number of aromatic nitrogens is 1. The Morgan fingerprint density at radius 3 is 2.41 bits per heavy atom. The zero-order valence-corrected chi connectivity index (χ0v) is 15.2.